The molecule has 0 aromatic heterocycles. The molecule has 0 amide bonds. The Hall–Kier alpha value is -0.440. The molecule has 10 unspecified atom stereocenters. The van der Waals surface area contributed by atoms with Crippen LogP contribution in [0.2, 0.25) is 0 Å². The summed E-state index contributed by atoms with van der Waals surface area (Å²) in [5.74, 6) is 1.54. The van der Waals surface area contributed by atoms with Crippen LogP contribution in [-0.4, -0.2) is 104 Å². The largest absolute Gasteiger partial charge is 0.390 e. The van der Waals surface area contributed by atoms with Crippen molar-refractivity contribution in [3.8, 4) is 0 Å². The number of ether oxygens (including phenoxy) is 10. The normalized spacial score (nSPS) is 54.7. The Balaban J connectivity index is 1.08. The lowest BCUT2D eigenvalue weighted by atomic mass is 9.81. The van der Waals surface area contributed by atoms with E-state index in [1.165, 1.54) is 0 Å². The van der Waals surface area contributed by atoms with Gasteiger partial charge in [0.1, 0.15) is 6.10 Å². The fourth-order valence-corrected chi connectivity index (χ4v) is 10.2. The van der Waals surface area contributed by atoms with E-state index in [9.17, 15) is 5.11 Å². The molecular weight excluding hydrogens is 704 g/mol. The fourth-order valence-electron chi connectivity index (χ4n) is 10.2. The highest BCUT2D eigenvalue weighted by Gasteiger charge is 2.53. The molecule has 1 N–H and O–H groups in total. The van der Waals surface area contributed by atoms with E-state index in [4.69, 9.17) is 47.4 Å². The van der Waals surface area contributed by atoms with Gasteiger partial charge in [-0.15, -0.1) is 0 Å². The highest BCUT2D eigenvalue weighted by Crippen LogP contribution is 2.45. The zero-order valence-corrected chi connectivity index (χ0v) is 36.5. The van der Waals surface area contributed by atoms with E-state index < -0.39 is 6.10 Å². The third-order valence-electron chi connectivity index (χ3n) is 15.5. The van der Waals surface area contributed by atoms with Crippen LogP contribution in [0.1, 0.15) is 123 Å². The molecule has 6 saturated heterocycles. The van der Waals surface area contributed by atoms with Crippen molar-refractivity contribution in [2.24, 2.45) is 59.2 Å². The maximum atomic E-state index is 10.8. The predicted molar refractivity (Wildman–Crippen MR) is 208 cm³/mol. The first-order chi connectivity index (χ1) is 26.1. The Bertz CT molecular complexity index is 1200. The quantitative estimate of drug-likeness (QED) is 0.212. The summed E-state index contributed by atoms with van der Waals surface area (Å²) in [5.41, 5.74) is 0. The number of aliphatic hydroxyl groups is 1. The molecular formula is C44H78O11. The van der Waals surface area contributed by atoms with Gasteiger partial charge in [-0.05, 0) is 55.3 Å². The summed E-state index contributed by atoms with van der Waals surface area (Å²) in [6.07, 6.45) is -0.156. The molecule has 55 heavy (non-hydrogen) atoms. The van der Waals surface area contributed by atoms with Gasteiger partial charge in [0.25, 0.3) is 0 Å². The monoisotopic (exact) mass is 783 g/mol. The molecule has 11 heteroatoms. The average Bonchev–Trinajstić information content (AvgIpc) is 3.64. The average molecular weight is 783 g/mol. The molecule has 6 heterocycles. The zero-order valence-electron chi connectivity index (χ0n) is 36.5. The predicted octanol–water partition coefficient (Wildman–Crippen LogP) is 7.54. The smallest absolute Gasteiger partial charge is 0.161 e. The maximum Gasteiger partial charge on any atom is 0.161 e. The van der Waals surface area contributed by atoms with Crippen LogP contribution in [-0.2, 0) is 47.4 Å². The van der Waals surface area contributed by atoms with Crippen molar-refractivity contribution in [3.05, 3.63) is 0 Å². The SMILES string of the molecule is CCC1O[C@@H](O[C@H]2C(CC)O[C@@H](O[C@H]3C(C)C(C)[C@@H]4OC[C@@H]3O4)[C@H](C)C2C)[C@H](C)C(C)[C@H]1O[C@H]1O[C@H](CC)[C@@H](O[C@H]2O[C@H](CC)[C@@H](O)C(C)C2C)C(C)C1C. The highest BCUT2D eigenvalue weighted by atomic mass is 16.8. The van der Waals surface area contributed by atoms with Crippen molar-refractivity contribution in [3.63, 3.8) is 0 Å². The molecule has 25 atom stereocenters. The van der Waals surface area contributed by atoms with Crippen LogP contribution in [0.4, 0.5) is 0 Å². The first-order valence-electron chi connectivity index (χ1n) is 22.3. The Kier molecular flexibility index (Phi) is 14.8. The summed E-state index contributed by atoms with van der Waals surface area (Å²) in [6.45, 7) is 31.2. The van der Waals surface area contributed by atoms with E-state index >= 15 is 0 Å². The van der Waals surface area contributed by atoms with Gasteiger partial charge >= 0.3 is 0 Å². The van der Waals surface area contributed by atoms with Crippen molar-refractivity contribution >= 4 is 0 Å². The van der Waals surface area contributed by atoms with Crippen molar-refractivity contribution in [1.82, 2.24) is 0 Å². The molecule has 0 radical (unpaired) electrons. The second-order valence-electron chi connectivity index (χ2n) is 18.7. The Morgan fingerprint density at radius 3 is 1.11 bits per heavy atom. The number of aliphatic hydroxyl groups excluding tert-OH is 1. The molecule has 0 saturated carbocycles. The van der Waals surface area contributed by atoms with Gasteiger partial charge in [0.15, 0.2) is 31.5 Å². The van der Waals surface area contributed by atoms with Gasteiger partial charge < -0.3 is 52.5 Å². The molecule has 6 aliphatic rings. The van der Waals surface area contributed by atoms with Gasteiger partial charge in [-0.1, -0.05) is 96.9 Å². The molecule has 0 aromatic rings. The van der Waals surface area contributed by atoms with E-state index in [0.29, 0.717) is 12.5 Å². The molecule has 6 rings (SSSR count). The molecule has 6 fully saturated rings. The lowest BCUT2D eigenvalue weighted by Gasteiger charge is -2.52. The summed E-state index contributed by atoms with van der Waals surface area (Å²) >= 11 is 0. The highest BCUT2D eigenvalue weighted by molar-refractivity contribution is 4.95. The second kappa shape index (κ2) is 18.4. The standard InChI is InChI=1S/C44H78O11/c1-15-30-35(45)20(5)25(10)41(47-30)52-36-22(7)27(12)42(48-31(36)16-2)53-37-23(8)28(13)43(49-32(37)17-3)54-38-24(9)29(14)44(50-33(38)18-4)55-39-21(6)26(11)40-46-19-34(39)51-40/h20-45H,15-19H2,1-14H3/t20?,21?,22?,23?,24?,25?,26?,27?,28-,29-,30-,31-,32?,33?,34+,35+,36+,37-,38-,39+,40-,41-,42-,43+,44+/m1/s1. The van der Waals surface area contributed by atoms with Crippen LogP contribution in [0.5, 0.6) is 0 Å². The molecule has 0 aliphatic carbocycles. The van der Waals surface area contributed by atoms with Gasteiger partial charge in [0.2, 0.25) is 0 Å². The van der Waals surface area contributed by atoms with Crippen molar-refractivity contribution in [1.29, 1.82) is 0 Å². The molecule has 320 valence electrons. The van der Waals surface area contributed by atoms with Crippen LogP contribution in [0, 0.1) is 59.2 Å². The minimum Gasteiger partial charge on any atom is -0.390 e. The summed E-state index contributed by atoms with van der Waals surface area (Å²) in [4.78, 5) is 0. The minimum atomic E-state index is -0.485. The molecule has 2 bridgehead atoms. The van der Waals surface area contributed by atoms with E-state index in [-0.39, 0.29) is 140 Å². The van der Waals surface area contributed by atoms with Crippen LogP contribution >= 0.6 is 0 Å². The van der Waals surface area contributed by atoms with E-state index in [2.05, 4.69) is 96.9 Å². The van der Waals surface area contributed by atoms with Crippen LogP contribution in [0.25, 0.3) is 0 Å². The summed E-state index contributed by atoms with van der Waals surface area (Å²) < 4.78 is 66.5. The number of hydrogen-bond donors (Lipinski definition) is 1. The van der Waals surface area contributed by atoms with E-state index in [0.717, 1.165) is 25.7 Å². The first kappa shape index (κ1) is 44.1. The Labute approximate surface area is 332 Å². The number of fused-ring (bicyclic) bond motifs is 2. The van der Waals surface area contributed by atoms with E-state index in [1.54, 1.807) is 0 Å². The van der Waals surface area contributed by atoms with Gasteiger partial charge in [-0.2, -0.15) is 0 Å². The topological polar surface area (TPSA) is 113 Å². The number of hydrogen-bond acceptors (Lipinski definition) is 11. The van der Waals surface area contributed by atoms with Crippen LogP contribution in [0.3, 0.4) is 0 Å². The molecule has 0 spiro atoms. The lowest BCUT2D eigenvalue weighted by molar-refractivity contribution is -0.362. The van der Waals surface area contributed by atoms with Gasteiger partial charge in [0.05, 0.1) is 61.5 Å². The van der Waals surface area contributed by atoms with Gasteiger partial charge in [-0.3, -0.25) is 0 Å². The van der Waals surface area contributed by atoms with Crippen LogP contribution in [0.15, 0.2) is 0 Å². The van der Waals surface area contributed by atoms with Crippen molar-refractivity contribution in [2.75, 3.05) is 6.61 Å². The third-order valence-corrected chi connectivity index (χ3v) is 15.5. The first-order valence-corrected chi connectivity index (χ1v) is 22.3. The minimum absolute atomic E-state index is 0.0586. The maximum absolute atomic E-state index is 10.8. The summed E-state index contributed by atoms with van der Waals surface area (Å²) in [5, 5.41) is 10.8. The third kappa shape index (κ3) is 8.61. The van der Waals surface area contributed by atoms with Crippen LogP contribution < -0.4 is 0 Å². The van der Waals surface area contributed by atoms with Crippen molar-refractivity contribution < 1.29 is 52.5 Å². The summed E-state index contributed by atoms with van der Waals surface area (Å²) in [6, 6.07) is 0. The molecule has 6 aliphatic heterocycles. The van der Waals surface area contributed by atoms with Gasteiger partial charge in [0, 0.05) is 29.6 Å². The van der Waals surface area contributed by atoms with Gasteiger partial charge in [-0.25, -0.2) is 0 Å². The molecule has 11 nitrogen and oxygen atoms in total. The summed E-state index contributed by atoms with van der Waals surface area (Å²) in [7, 11) is 0. The fraction of sp³-hybridized carbons (Fsp3) is 1.00. The van der Waals surface area contributed by atoms with E-state index in [1.807, 2.05) is 0 Å². The number of rotatable bonds is 12. The Morgan fingerprint density at radius 2 is 0.727 bits per heavy atom. The van der Waals surface area contributed by atoms with Crippen molar-refractivity contribution in [2.45, 2.75) is 215 Å². The lowest BCUT2D eigenvalue weighted by Crippen LogP contribution is -2.59. The molecule has 0 aromatic carbocycles. The second-order valence-corrected chi connectivity index (χ2v) is 18.7. The zero-order chi connectivity index (χ0) is 40.0. The Morgan fingerprint density at radius 1 is 0.400 bits per heavy atom.